The highest BCUT2D eigenvalue weighted by Gasteiger charge is 2.31. The molecule has 0 unspecified atom stereocenters. The molecule has 0 atom stereocenters. The van der Waals surface area contributed by atoms with Gasteiger partial charge in [-0.05, 0) is 93.1 Å². The lowest BCUT2D eigenvalue weighted by Gasteiger charge is -2.38. The van der Waals surface area contributed by atoms with E-state index in [1.54, 1.807) is 0 Å². The van der Waals surface area contributed by atoms with Crippen molar-refractivity contribution in [2.45, 2.75) is 63.7 Å². The van der Waals surface area contributed by atoms with E-state index in [0.29, 0.717) is 11.7 Å². The zero-order valence-corrected chi connectivity index (χ0v) is 13.7. The van der Waals surface area contributed by atoms with E-state index in [9.17, 15) is 5.11 Å². The van der Waals surface area contributed by atoms with Crippen LogP contribution in [0.5, 0.6) is 5.75 Å². The molecule has 120 valence electrons. The summed E-state index contributed by atoms with van der Waals surface area (Å²) in [7, 11) is 0. The summed E-state index contributed by atoms with van der Waals surface area (Å²) in [4.78, 5) is 0. The molecule has 0 heterocycles. The predicted octanol–water partition coefficient (Wildman–Crippen LogP) is 6.05. The Balaban J connectivity index is 1.50. The summed E-state index contributed by atoms with van der Waals surface area (Å²) in [5, 5.41) is 10.0. The summed E-state index contributed by atoms with van der Waals surface area (Å²) >= 11 is 0. The third-order valence-corrected chi connectivity index (χ3v) is 6.21. The minimum Gasteiger partial charge on any atom is -0.508 e. The number of aromatic hydroxyl groups is 1. The van der Waals surface area contributed by atoms with Gasteiger partial charge in [0.05, 0.1) is 0 Å². The van der Waals surface area contributed by atoms with E-state index < -0.39 is 0 Å². The molecule has 22 heavy (non-hydrogen) atoms. The third-order valence-electron chi connectivity index (χ3n) is 6.21. The van der Waals surface area contributed by atoms with Crippen molar-refractivity contribution in [3.63, 3.8) is 0 Å². The van der Waals surface area contributed by atoms with Crippen molar-refractivity contribution in [3.05, 3.63) is 42.5 Å². The van der Waals surface area contributed by atoms with Gasteiger partial charge in [0.1, 0.15) is 5.75 Å². The Morgan fingerprint density at radius 2 is 1.50 bits per heavy atom. The molecule has 0 saturated heterocycles. The van der Waals surface area contributed by atoms with Crippen molar-refractivity contribution in [2.75, 3.05) is 0 Å². The smallest absolute Gasteiger partial charge is 0.119 e. The molecular weight excluding hydrogens is 268 g/mol. The van der Waals surface area contributed by atoms with Crippen LogP contribution in [0.1, 0.15) is 69.3 Å². The second-order valence-corrected chi connectivity index (χ2v) is 7.48. The van der Waals surface area contributed by atoms with Gasteiger partial charge in [-0.2, -0.15) is 0 Å². The Bertz CT molecular complexity index is 476. The fourth-order valence-electron chi connectivity index (χ4n) is 4.87. The van der Waals surface area contributed by atoms with Crippen molar-refractivity contribution in [3.8, 4) is 5.75 Å². The van der Waals surface area contributed by atoms with Gasteiger partial charge in [-0.3, -0.25) is 0 Å². The quantitative estimate of drug-likeness (QED) is 0.671. The highest BCUT2D eigenvalue weighted by Crippen LogP contribution is 2.45. The molecule has 1 aromatic carbocycles. The van der Waals surface area contributed by atoms with Crippen LogP contribution in [-0.2, 0) is 0 Å². The monoisotopic (exact) mass is 298 g/mol. The van der Waals surface area contributed by atoms with Crippen molar-refractivity contribution in [1.82, 2.24) is 0 Å². The zero-order valence-electron chi connectivity index (χ0n) is 13.7. The van der Waals surface area contributed by atoms with Gasteiger partial charge >= 0.3 is 0 Å². The van der Waals surface area contributed by atoms with Gasteiger partial charge in [0, 0.05) is 0 Å². The van der Waals surface area contributed by atoms with Crippen molar-refractivity contribution >= 4 is 0 Å². The normalized spacial score (nSPS) is 32.5. The Kier molecular flexibility index (Phi) is 5.23. The molecule has 0 bridgehead atoms. The van der Waals surface area contributed by atoms with Crippen LogP contribution in [0.3, 0.4) is 0 Å². The fourth-order valence-corrected chi connectivity index (χ4v) is 4.87. The molecule has 0 amide bonds. The van der Waals surface area contributed by atoms with Crippen LogP contribution in [0.2, 0.25) is 0 Å². The largest absolute Gasteiger partial charge is 0.508 e. The number of rotatable bonds is 4. The highest BCUT2D eigenvalue weighted by molar-refractivity contribution is 5.35. The molecule has 1 N–H and O–H groups in total. The molecule has 2 aliphatic rings. The van der Waals surface area contributed by atoms with Crippen LogP contribution < -0.4 is 0 Å². The van der Waals surface area contributed by atoms with Gasteiger partial charge in [-0.1, -0.05) is 24.3 Å². The zero-order chi connectivity index (χ0) is 15.4. The first-order valence-electron chi connectivity index (χ1n) is 9.16. The van der Waals surface area contributed by atoms with Crippen LogP contribution in [0, 0.1) is 17.8 Å². The molecule has 2 fully saturated rings. The third kappa shape index (κ3) is 3.56. The van der Waals surface area contributed by atoms with E-state index in [1.165, 1.54) is 63.4 Å². The maximum atomic E-state index is 10.0. The number of hydrogen-bond acceptors (Lipinski definition) is 1. The summed E-state index contributed by atoms with van der Waals surface area (Å²) in [6, 6.07) is 7.93. The van der Waals surface area contributed by atoms with Gasteiger partial charge in [0.15, 0.2) is 0 Å². The molecule has 3 rings (SSSR count). The minimum atomic E-state index is 0.496. The SMILES string of the molecule is C=CC[C@H]1CC[C@H](C2CCC(c3ccccc3O)CC2)CC1. The molecule has 0 aromatic heterocycles. The van der Waals surface area contributed by atoms with E-state index in [4.69, 9.17) is 0 Å². The second kappa shape index (κ2) is 7.35. The molecular formula is C21H30O. The molecule has 2 aliphatic carbocycles. The average Bonchev–Trinajstić information content (AvgIpc) is 2.57. The van der Waals surface area contributed by atoms with Crippen LogP contribution in [0.25, 0.3) is 0 Å². The maximum absolute atomic E-state index is 10.0. The molecule has 1 aromatic rings. The van der Waals surface area contributed by atoms with Crippen LogP contribution in [0.4, 0.5) is 0 Å². The van der Waals surface area contributed by atoms with Crippen LogP contribution >= 0.6 is 0 Å². The molecule has 0 spiro atoms. The fraction of sp³-hybridized carbons (Fsp3) is 0.619. The van der Waals surface area contributed by atoms with E-state index in [2.05, 4.69) is 24.8 Å². The maximum Gasteiger partial charge on any atom is 0.119 e. The predicted molar refractivity (Wildman–Crippen MR) is 93.1 cm³/mol. The highest BCUT2D eigenvalue weighted by atomic mass is 16.3. The van der Waals surface area contributed by atoms with Crippen LogP contribution in [0.15, 0.2) is 36.9 Å². The molecule has 1 heteroatoms. The lowest BCUT2D eigenvalue weighted by Crippen LogP contribution is -2.25. The van der Waals surface area contributed by atoms with Crippen molar-refractivity contribution < 1.29 is 5.11 Å². The Morgan fingerprint density at radius 1 is 0.909 bits per heavy atom. The van der Waals surface area contributed by atoms with Gasteiger partial charge in [0.2, 0.25) is 0 Å². The molecule has 2 saturated carbocycles. The summed E-state index contributed by atoms with van der Waals surface area (Å²) in [5.74, 6) is 3.88. The first-order chi connectivity index (χ1) is 10.8. The van der Waals surface area contributed by atoms with Crippen LogP contribution in [-0.4, -0.2) is 5.11 Å². The molecule has 0 aliphatic heterocycles. The van der Waals surface area contributed by atoms with Gasteiger partial charge in [0.25, 0.3) is 0 Å². The summed E-state index contributed by atoms with van der Waals surface area (Å²) in [6.07, 6.45) is 14.2. The van der Waals surface area contributed by atoms with E-state index in [1.807, 2.05) is 12.1 Å². The first-order valence-corrected chi connectivity index (χ1v) is 9.16. The van der Waals surface area contributed by atoms with E-state index >= 15 is 0 Å². The number of allylic oxidation sites excluding steroid dienone is 1. The summed E-state index contributed by atoms with van der Waals surface area (Å²) < 4.78 is 0. The van der Waals surface area contributed by atoms with Gasteiger partial charge in [-0.15, -0.1) is 6.58 Å². The number of phenolic OH excluding ortho intramolecular Hbond substituents is 1. The molecule has 1 nitrogen and oxygen atoms in total. The first kappa shape index (κ1) is 15.6. The summed E-state index contributed by atoms with van der Waals surface area (Å²) in [5.41, 5.74) is 1.18. The number of para-hydroxylation sites is 1. The van der Waals surface area contributed by atoms with Crippen molar-refractivity contribution in [1.29, 1.82) is 0 Å². The van der Waals surface area contributed by atoms with Gasteiger partial charge < -0.3 is 5.11 Å². The number of phenols is 1. The average molecular weight is 298 g/mol. The van der Waals surface area contributed by atoms with E-state index in [0.717, 1.165) is 17.8 Å². The standard InChI is InChI=1S/C21H30O/c1-2-5-16-8-10-17(11-9-16)18-12-14-19(15-13-18)20-6-3-4-7-21(20)22/h2-4,6-7,16-19,22H,1,5,8-15H2/t16-,17-,18?,19?. The van der Waals surface area contributed by atoms with Crippen molar-refractivity contribution in [2.24, 2.45) is 17.8 Å². The molecule has 0 radical (unpaired) electrons. The summed E-state index contributed by atoms with van der Waals surface area (Å²) in [6.45, 7) is 3.89. The topological polar surface area (TPSA) is 20.2 Å². The Morgan fingerprint density at radius 3 is 2.09 bits per heavy atom. The van der Waals surface area contributed by atoms with Gasteiger partial charge in [-0.25, -0.2) is 0 Å². The lowest BCUT2D eigenvalue weighted by molar-refractivity contribution is 0.160. The number of hydrogen-bond donors (Lipinski definition) is 1. The minimum absolute atomic E-state index is 0.496. The Labute approximate surface area is 135 Å². The second-order valence-electron chi connectivity index (χ2n) is 7.48. The number of benzene rings is 1. The van der Waals surface area contributed by atoms with E-state index in [-0.39, 0.29) is 0 Å². The Hall–Kier alpha value is -1.24. The lowest BCUT2D eigenvalue weighted by atomic mass is 9.68.